The van der Waals surface area contributed by atoms with Crippen LogP contribution in [-0.2, 0) is 17.6 Å². The summed E-state index contributed by atoms with van der Waals surface area (Å²) in [7, 11) is 0. The van der Waals surface area contributed by atoms with Crippen LogP contribution in [0.5, 0.6) is 5.75 Å². The van der Waals surface area contributed by atoms with Crippen LogP contribution < -0.4 is 4.74 Å². The summed E-state index contributed by atoms with van der Waals surface area (Å²) in [5, 5.41) is 11.6. The molecule has 0 bridgehead atoms. The molecule has 0 aromatic heterocycles. The highest BCUT2D eigenvalue weighted by Gasteiger charge is 2.15. The lowest BCUT2D eigenvalue weighted by molar-refractivity contribution is -0.141. The van der Waals surface area contributed by atoms with Crippen LogP contribution in [-0.4, -0.2) is 17.7 Å². The predicted molar refractivity (Wildman–Crippen MR) is 125 cm³/mol. The highest BCUT2D eigenvalue weighted by Crippen LogP contribution is 2.34. The van der Waals surface area contributed by atoms with Gasteiger partial charge < -0.3 is 9.84 Å². The Morgan fingerprint density at radius 2 is 1.72 bits per heavy atom. The first kappa shape index (κ1) is 21.6. The van der Waals surface area contributed by atoms with E-state index in [1.165, 1.54) is 12.1 Å². The van der Waals surface area contributed by atoms with Gasteiger partial charge in [0.2, 0.25) is 0 Å². The minimum Gasteiger partial charge on any atom is -0.493 e. The standard InChI is InChI=1S/C28H25FO3/c1-19(28(30)31)15-21-9-12-27(32-14-13-20-5-4-8-25(29)16-20)26(17-21)24-11-10-22-6-2-3-7-23(22)18-24/h2-12,16-19H,13-15H2,1H3,(H,30,31). The van der Waals surface area contributed by atoms with Crippen molar-refractivity contribution in [2.45, 2.75) is 19.8 Å². The Kier molecular flexibility index (Phi) is 6.50. The molecular formula is C28H25FO3. The molecule has 0 radical (unpaired) electrons. The number of rotatable bonds is 8. The lowest BCUT2D eigenvalue weighted by Gasteiger charge is -2.15. The third kappa shape index (κ3) is 5.14. The van der Waals surface area contributed by atoms with E-state index in [1.807, 2.05) is 36.4 Å². The van der Waals surface area contributed by atoms with E-state index in [9.17, 15) is 14.3 Å². The molecule has 1 atom stereocenters. The normalized spacial score (nSPS) is 11.9. The third-order valence-corrected chi connectivity index (χ3v) is 5.61. The van der Waals surface area contributed by atoms with E-state index in [0.29, 0.717) is 19.4 Å². The summed E-state index contributed by atoms with van der Waals surface area (Å²) < 4.78 is 19.6. The van der Waals surface area contributed by atoms with Crippen LogP contribution in [0.15, 0.2) is 84.9 Å². The monoisotopic (exact) mass is 428 g/mol. The summed E-state index contributed by atoms with van der Waals surface area (Å²) in [6.07, 6.45) is 1.03. The molecule has 0 amide bonds. The van der Waals surface area contributed by atoms with Crippen LogP contribution in [0.1, 0.15) is 18.1 Å². The number of aliphatic carboxylic acids is 1. The minimum absolute atomic E-state index is 0.253. The molecule has 0 spiro atoms. The molecule has 0 aliphatic carbocycles. The molecule has 0 aliphatic rings. The van der Waals surface area contributed by atoms with Crippen molar-refractivity contribution in [2.24, 2.45) is 5.92 Å². The number of hydrogen-bond acceptors (Lipinski definition) is 2. The zero-order chi connectivity index (χ0) is 22.5. The number of carboxylic acids is 1. The summed E-state index contributed by atoms with van der Waals surface area (Å²) in [6.45, 7) is 2.12. The fraction of sp³-hybridized carbons (Fsp3) is 0.179. The lowest BCUT2D eigenvalue weighted by Crippen LogP contribution is -2.12. The summed E-state index contributed by atoms with van der Waals surface area (Å²) in [4.78, 5) is 11.3. The topological polar surface area (TPSA) is 46.5 Å². The molecule has 1 N–H and O–H groups in total. The van der Waals surface area contributed by atoms with Gasteiger partial charge in [-0.1, -0.05) is 61.5 Å². The number of fused-ring (bicyclic) bond motifs is 1. The summed E-state index contributed by atoms with van der Waals surface area (Å²) in [5.74, 6) is -0.813. The number of carboxylic acid groups (broad SMARTS) is 1. The minimum atomic E-state index is -0.812. The maximum absolute atomic E-state index is 13.5. The van der Waals surface area contributed by atoms with Crippen molar-refractivity contribution >= 4 is 16.7 Å². The number of hydrogen-bond donors (Lipinski definition) is 1. The predicted octanol–water partition coefficient (Wildman–Crippen LogP) is 6.53. The highest BCUT2D eigenvalue weighted by molar-refractivity contribution is 5.88. The average molecular weight is 429 g/mol. The van der Waals surface area contributed by atoms with E-state index in [-0.39, 0.29) is 5.82 Å². The number of benzene rings is 4. The molecule has 32 heavy (non-hydrogen) atoms. The van der Waals surface area contributed by atoms with Crippen LogP contribution in [0, 0.1) is 11.7 Å². The quantitative estimate of drug-likeness (QED) is 0.347. The molecule has 0 heterocycles. The van der Waals surface area contributed by atoms with E-state index < -0.39 is 11.9 Å². The Labute approximate surface area is 187 Å². The smallest absolute Gasteiger partial charge is 0.306 e. The van der Waals surface area contributed by atoms with Gasteiger partial charge in [-0.2, -0.15) is 0 Å². The van der Waals surface area contributed by atoms with Gasteiger partial charge >= 0.3 is 5.97 Å². The van der Waals surface area contributed by atoms with E-state index in [4.69, 9.17) is 4.74 Å². The Morgan fingerprint density at radius 1 is 0.906 bits per heavy atom. The third-order valence-electron chi connectivity index (χ3n) is 5.61. The molecule has 4 aromatic carbocycles. The van der Waals surface area contributed by atoms with Crippen molar-refractivity contribution in [1.82, 2.24) is 0 Å². The zero-order valence-electron chi connectivity index (χ0n) is 17.9. The van der Waals surface area contributed by atoms with Crippen molar-refractivity contribution in [3.05, 3.63) is 102 Å². The average Bonchev–Trinajstić information content (AvgIpc) is 2.79. The van der Waals surface area contributed by atoms with Crippen molar-refractivity contribution in [3.8, 4) is 16.9 Å². The summed E-state index contributed by atoms with van der Waals surface area (Å²) >= 11 is 0. The fourth-order valence-corrected chi connectivity index (χ4v) is 3.82. The van der Waals surface area contributed by atoms with Crippen molar-refractivity contribution < 1.29 is 19.0 Å². The molecule has 0 saturated carbocycles. The first-order valence-corrected chi connectivity index (χ1v) is 10.7. The Morgan fingerprint density at radius 3 is 2.50 bits per heavy atom. The van der Waals surface area contributed by atoms with Gasteiger partial charge in [0.25, 0.3) is 0 Å². The van der Waals surface area contributed by atoms with Crippen LogP contribution in [0.2, 0.25) is 0 Å². The SMILES string of the molecule is CC(Cc1ccc(OCCc2cccc(F)c2)c(-c2ccc3ccccc3c2)c1)C(=O)O. The Bertz CT molecular complexity index is 1250. The molecule has 0 aliphatic heterocycles. The number of carbonyl (C=O) groups is 1. The van der Waals surface area contributed by atoms with E-state index >= 15 is 0 Å². The van der Waals surface area contributed by atoms with E-state index in [2.05, 4.69) is 30.3 Å². The molecule has 4 rings (SSSR count). The fourth-order valence-electron chi connectivity index (χ4n) is 3.82. The molecule has 0 fully saturated rings. The van der Waals surface area contributed by atoms with Gasteiger partial charge in [-0.3, -0.25) is 4.79 Å². The maximum Gasteiger partial charge on any atom is 0.306 e. The summed E-state index contributed by atoms with van der Waals surface area (Å²) in [6, 6.07) is 26.8. The van der Waals surface area contributed by atoms with Gasteiger partial charge in [0.05, 0.1) is 12.5 Å². The molecule has 0 saturated heterocycles. The van der Waals surface area contributed by atoms with Crippen molar-refractivity contribution in [3.63, 3.8) is 0 Å². The molecule has 1 unspecified atom stereocenters. The molecule has 3 nitrogen and oxygen atoms in total. The summed E-state index contributed by atoms with van der Waals surface area (Å²) in [5.41, 5.74) is 3.75. The zero-order valence-corrected chi connectivity index (χ0v) is 17.9. The molecule has 4 aromatic rings. The molecular weight excluding hydrogens is 403 g/mol. The maximum atomic E-state index is 13.5. The van der Waals surface area contributed by atoms with Crippen LogP contribution in [0.4, 0.5) is 4.39 Å². The number of ether oxygens (including phenoxy) is 1. The van der Waals surface area contributed by atoms with Crippen LogP contribution in [0.3, 0.4) is 0 Å². The van der Waals surface area contributed by atoms with Crippen LogP contribution >= 0.6 is 0 Å². The second-order valence-electron chi connectivity index (χ2n) is 8.06. The van der Waals surface area contributed by atoms with Crippen molar-refractivity contribution in [1.29, 1.82) is 0 Å². The van der Waals surface area contributed by atoms with Gasteiger partial charge in [0.15, 0.2) is 0 Å². The lowest BCUT2D eigenvalue weighted by atomic mass is 9.95. The highest BCUT2D eigenvalue weighted by atomic mass is 19.1. The first-order valence-electron chi connectivity index (χ1n) is 10.7. The second kappa shape index (κ2) is 9.65. The van der Waals surface area contributed by atoms with Crippen molar-refractivity contribution in [2.75, 3.05) is 6.61 Å². The first-order chi connectivity index (χ1) is 15.5. The van der Waals surface area contributed by atoms with Gasteiger partial charge in [-0.25, -0.2) is 4.39 Å². The largest absolute Gasteiger partial charge is 0.493 e. The van der Waals surface area contributed by atoms with Gasteiger partial charge in [-0.15, -0.1) is 0 Å². The van der Waals surface area contributed by atoms with Gasteiger partial charge in [0.1, 0.15) is 11.6 Å². The molecule has 4 heteroatoms. The Balaban J connectivity index is 1.64. The Hall–Kier alpha value is -3.66. The van der Waals surface area contributed by atoms with Gasteiger partial charge in [-0.05, 0) is 64.2 Å². The second-order valence-corrected chi connectivity index (χ2v) is 8.06. The van der Waals surface area contributed by atoms with Crippen LogP contribution in [0.25, 0.3) is 21.9 Å². The van der Waals surface area contributed by atoms with Gasteiger partial charge in [0, 0.05) is 12.0 Å². The number of halogens is 1. The molecule has 162 valence electrons. The van der Waals surface area contributed by atoms with E-state index in [1.54, 1.807) is 13.0 Å². The van der Waals surface area contributed by atoms with E-state index in [0.717, 1.165) is 38.8 Å².